The summed E-state index contributed by atoms with van der Waals surface area (Å²) in [6.07, 6.45) is 0. The van der Waals surface area contributed by atoms with Crippen LogP contribution < -0.4 is 11.1 Å². The Balaban J connectivity index is 2.07. The summed E-state index contributed by atoms with van der Waals surface area (Å²) in [6, 6.07) is 7.40. The van der Waals surface area contributed by atoms with Crippen LogP contribution in [0.1, 0.15) is 29.0 Å². The molecule has 88 valence electrons. The summed E-state index contributed by atoms with van der Waals surface area (Å²) in [5.41, 5.74) is 7.80. The monoisotopic (exact) mass is 248 g/mol. The van der Waals surface area contributed by atoms with E-state index < -0.39 is 0 Å². The lowest BCUT2D eigenvalue weighted by Crippen LogP contribution is -2.12. The number of benzene rings is 1. The van der Waals surface area contributed by atoms with E-state index in [-0.39, 0.29) is 11.9 Å². The van der Waals surface area contributed by atoms with Crippen LogP contribution in [0.15, 0.2) is 29.6 Å². The van der Waals surface area contributed by atoms with E-state index in [0.717, 1.165) is 17.1 Å². The molecule has 0 fully saturated rings. The topological polar surface area (TPSA) is 80.9 Å². The highest BCUT2D eigenvalue weighted by atomic mass is 32.1. The lowest BCUT2D eigenvalue weighted by molar-refractivity contribution is 0.102. The van der Waals surface area contributed by atoms with Crippen LogP contribution in [0.4, 0.5) is 5.69 Å². The number of nitrogens with two attached hydrogens (primary N) is 1. The fourth-order valence-electron chi connectivity index (χ4n) is 1.33. The van der Waals surface area contributed by atoms with Gasteiger partial charge in [0.05, 0.1) is 0 Å². The second kappa shape index (κ2) is 5.03. The average Bonchev–Trinajstić information content (AvgIpc) is 2.83. The molecule has 1 atom stereocenters. The Kier molecular flexibility index (Phi) is 3.46. The number of nitrogens with one attached hydrogen (secondary N) is 1. The van der Waals surface area contributed by atoms with Crippen LogP contribution in [-0.2, 0) is 0 Å². The zero-order chi connectivity index (χ0) is 12.3. The number of amides is 1. The molecule has 0 bridgehead atoms. The second-order valence-corrected chi connectivity index (χ2v) is 4.26. The minimum atomic E-state index is -0.257. The van der Waals surface area contributed by atoms with Crippen molar-refractivity contribution in [3.05, 3.63) is 40.9 Å². The molecule has 1 amide bonds. The quantitative estimate of drug-likeness (QED) is 0.868. The van der Waals surface area contributed by atoms with Crippen LogP contribution in [0.25, 0.3) is 0 Å². The van der Waals surface area contributed by atoms with Gasteiger partial charge in [-0.25, -0.2) is 0 Å². The van der Waals surface area contributed by atoms with Crippen molar-refractivity contribution >= 4 is 23.1 Å². The van der Waals surface area contributed by atoms with Gasteiger partial charge in [0.2, 0.25) is 0 Å². The van der Waals surface area contributed by atoms with Crippen molar-refractivity contribution < 1.29 is 4.79 Å². The number of aromatic nitrogens is 2. The number of nitrogens with zero attached hydrogens (tertiary/aromatic N) is 2. The van der Waals surface area contributed by atoms with E-state index in [0.29, 0.717) is 11.4 Å². The van der Waals surface area contributed by atoms with E-state index in [9.17, 15) is 4.79 Å². The number of hydrogen-bond donors (Lipinski definition) is 2. The number of carbonyl (C=O) groups excluding carboxylic acids is 1. The first kappa shape index (κ1) is 11.7. The Labute approximate surface area is 103 Å². The molecule has 0 aliphatic heterocycles. The molecule has 0 unspecified atom stereocenters. The Morgan fingerprint density at radius 3 is 2.65 bits per heavy atom. The van der Waals surface area contributed by atoms with Crippen molar-refractivity contribution in [1.29, 1.82) is 0 Å². The molecule has 2 rings (SSSR count). The van der Waals surface area contributed by atoms with E-state index >= 15 is 0 Å². The van der Waals surface area contributed by atoms with Crippen LogP contribution in [0.5, 0.6) is 0 Å². The maximum Gasteiger partial charge on any atom is 0.277 e. The fourth-order valence-corrected chi connectivity index (χ4v) is 1.76. The van der Waals surface area contributed by atoms with Crippen molar-refractivity contribution in [2.24, 2.45) is 5.73 Å². The predicted molar refractivity (Wildman–Crippen MR) is 66.9 cm³/mol. The summed E-state index contributed by atoms with van der Waals surface area (Å²) in [5, 5.41) is 8.03. The maximum absolute atomic E-state index is 11.7. The summed E-state index contributed by atoms with van der Waals surface area (Å²) < 4.78 is 3.64. The van der Waals surface area contributed by atoms with Crippen molar-refractivity contribution in [3.8, 4) is 0 Å². The minimum Gasteiger partial charge on any atom is -0.324 e. The Morgan fingerprint density at radius 1 is 1.41 bits per heavy atom. The first-order chi connectivity index (χ1) is 8.16. The molecule has 0 spiro atoms. The molecule has 1 aromatic heterocycles. The zero-order valence-electron chi connectivity index (χ0n) is 9.25. The molecule has 1 aromatic carbocycles. The summed E-state index contributed by atoms with van der Waals surface area (Å²) in [4.78, 5) is 11.7. The van der Waals surface area contributed by atoms with Gasteiger partial charge in [0.15, 0.2) is 5.69 Å². The molecule has 0 aliphatic carbocycles. The van der Waals surface area contributed by atoms with Gasteiger partial charge in [-0.05, 0) is 36.2 Å². The minimum absolute atomic E-state index is 0.0116. The smallest absolute Gasteiger partial charge is 0.277 e. The second-order valence-electron chi connectivity index (χ2n) is 3.65. The van der Waals surface area contributed by atoms with Crippen molar-refractivity contribution in [2.45, 2.75) is 13.0 Å². The SMILES string of the molecule is C[C@@H](N)c1ccc(NC(=O)c2csnn2)cc1. The predicted octanol–water partition coefficient (Wildman–Crippen LogP) is 1.81. The van der Waals surface area contributed by atoms with Gasteiger partial charge < -0.3 is 11.1 Å². The van der Waals surface area contributed by atoms with E-state index in [2.05, 4.69) is 14.9 Å². The molecule has 3 N–H and O–H groups in total. The average molecular weight is 248 g/mol. The first-order valence-corrected chi connectivity index (χ1v) is 5.94. The van der Waals surface area contributed by atoms with Gasteiger partial charge in [-0.1, -0.05) is 16.6 Å². The third-order valence-corrected chi connectivity index (χ3v) is 2.79. The van der Waals surface area contributed by atoms with Gasteiger partial charge in [-0.2, -0.15) is 0 Å². The molecular weight excluding hydrogens is 236 g/mol. The molecule has 1 heterocycles. The number of carbonyl (C=O) groups is 1. The van der Waals surface area contributed by atoms with Crippen LogP contribution in [0.2, 0.25) is 0 Å². The zero-order valence-corrected chi connectivity index (χ0v) is 10.1. The lowest BCUT2D eigenvalue weighted by Gasteiger charge is -2.07. The first-order valence-electron chi connectivity index (χ1n) is 5.11. The molecule has 0 aliphatic rings. The van der Waals surface area contributed by atoms with E-state index in [1.54, 1.807) is 5.38 Å². The van der Waals surface area contributed by atoms with Crippen LogP contribution in [0.3, 0.4) is 0 Å². The standard InChI is InChI=1S/C11H12N4OS/c1-7(12)8-2-4-9(5-3-8)13-11(16)10-6-17-15-14-10/h2-7H,12H2,1H3,(H,13,16)/t7-/m1/s1. The van der Waals surface area contributed by atoms with Gasteiger partial charge >= 0.3 is 0 Å². The largest absolute Gasteiger partial charge is 0.324 e. The van der Waals surface area contributed by atoms with Crippen LogP contribution in [0, 0.1) is 0 Å². The Bertz CT molecular complexity index is 493. The van der Waals surface area contributed by atoms with Crippen molar-refractivity contribution in [1.82, 2.24) is 9.59 Å². The Hall–Kier alpha value is -1.79. The van der Waals surface area contributed by atoms with E-state index in [4.69, 9.17) is 5.73 Å². The van der Waals surface area contributed by atoms with Gasteiger partial charge in [0.1, 0.15) is 0 Å². The van der Waals surface area contributed by atoms with Crippen LogP contribution in [-0.4, -0.2) is 15.5 Å². The highest BCUT2D eigenvalue weighted by molar-refractivity contribution is 7.03. The fraction of sp³-hybridized carbons (Fsp3) is 0.182. The van der Waals surface area contributed by atoms with Crippen molar-refractivity contribution in [3.63, 3.8) is 0 Å². The molecule has 0 radical (unpaired) electrons. The molecule has 0 saturated heterocycles. The molecule has 2 aromatic rings. The van der Waals surface area contributed by atoms with Gasteiger partial charge in [0, 0.05) is 17.1 Å². The molecule has 17 heavy (non-hydrogen) atoms. The highest BCUT2D eigenvalue weighted by Crippen LogP contribution is 2.14. The third-order valence-electron chi connectivity index (χ3n) is 2.29. The van der Waals surface area contributed by atoms with E-state index in [1.807, 2.05) is 31.2 Å². The number of hydrogen-bond acceptors (Lipinski definition) is 5. The summed E-state index contributed by atoms with van der Waals surface area (Å²) in [6.45, 7) is 1.91. The summed E-state index contributed by atoms with van der Waals surface area (Å²) in [7, 11) is 0. The number of rotatable bonds is 3. The molecule has 5 nitrogen and oxygen atoms in total. The Morgan fingerprint density at radius 2 is 2.12 bits per heavy atom. The molecule has 0 saturated carbocycles. The van der Waals surface area contributed by atoms with Crippen molar-refractivity contribution in [2.75, 3.05) is 5.32 Å². The van der Waals surface area contributed by atoms with Gasteiger partial charge in [-0.3, -0.25) is 4.79 Å². The number of anilines is 1. The highest BCUT2D eigenvalue weighted by Gasteiger charge is 2.08. The van der Waals surface area contributed by atoms with Crippen LogP contribution >= 0.6 is 11.5 Å². The van der Waals surface area contributed by atoms with E-state index in [1.165, 1.54) is 0 Å². The molecular formula is C11H12N4OS. The molecule has 6 heteroatoms. The summed E-state index contributed by atoms with van der Waals surface area (Å²) in [5.74, 6) is -0.257. The normalized spacial score (nSPS) is 12.1. The third kappa shape index (κ3) is 2.86. The van der Waals surface area contributed by atoms with Gasteiger partial charge in [0.25, 0.3) is 5.91 Å². The maximum atomic E-state index is 11.7. The van der Waals surface area contributed by atoms with Gasteiger partial charge in [-0.15, -0.1) is 5.10 Å². The lowest BCUT2D eigenvalue weighted by atomic mass is 10.1. The summed E-state index contributed by atoms with van der Waals surface area (Å²) >= 11 is 1.15.